The monoisotopic (exact) mass is 316 g/mol. The molecule has 3 rings (SSSR count). The van der Waals surface area contributed by atoms with Gasteiger partial charge in [0.25, 0.3) is 0 Å². The van der Waals surface area contributed by atoms with Crippen molar-refractivity contribution in [2.24, 2.45) is 0 Å². The Balaban J connectivity index is 1.77. The van der Waals surface area contributed by atoms with Crippen LogP contribution in [-0.2, 0) is 11.3 Å². The summed E-state index contributed by atoms with van der Waals surface area (Å²) in [6.45, 7) is 0.0444. The summed E-state index contributed by atoms with van der Waals surface area (Å²) < 4.78 is 33.6. The first kappa shape index (κ1) is 15.0. The van der Waals surface area contributed by atoms with E-state index in [4.69, 9.17) is 0 Å². The number of nitrogens with one attached hydrogen (secondary N) is 1. The third-order valence-electron chi connectivity index (χ3n) is 3.48. The van der Waals surface area contributed by atoms with E-state index in [-0.39, 0.29) is 18.1 Å². The number of hydrogen-bond acceptors (Lipinski definition) is 2. The van der Waals surface area contributed by atoms with E-state index < -0.39 is 17.4 Å². The van der Waals surface area contributed by atoms with E-state index in [1.54, 1.807) is 10.8 Å². The number of fused-ring (bicyclic) bond motifs is 1. The average Bonchev–Trinajstić information content (AvgIpc) is 2.90. The minimum Gasteiger partial charge on any atom is -0.491 e. The highest BCUT2D eigenvalue weighted by Gasteiger charge is 2.13. The predicted octanol–water partition coefficient (Wildman–Crippen LogP) is 3.57. The first-order valence-electron chi connectivity index (χ1n) is 6.95. The van der Waals surface area contributed by atoms with Gasteiger partial charge in [-0.05, 0) is 17.5 Å². The Hall–Kier alpha value is -2.89. The van der Waals surface area contributed by atoms with Gasteiger partial charge in [-0.2, -0.15) is 0 Å². The van der Waals surface area contributed by atoms with Gasteiger partial charge in [-0.3, -0.25) is 4.79 Å². The lowest BCUT2D eigenvalue weighted by atomic mass is 10.2. The highest BCUT2D eigenvalue weighted by atomic mass is 19.1. The quantitative estimate of drug-likeness (QED) is 0.799. The molecule has 0 spiro atoms. The maximum Gasteiger partial charge on any atom is 0.244 e. The van der Waals surface area contributed by atoms with Crippen molar-refractivity contribution in [3.63, 3.8) is 0 Å². The molecule has 0 aliphatic carbocycles. The molecule has 3 aromatic rings. The van der Waals surface area contributed by atoms with Crippen molar-refractivity contribution in [2.45, 2.75) is 6.54 Å². The van der Waals surface area contributed by atoms with Crippen LogP contribution in [0.25, 0.3) is 10.9 Å². The van der Waals surface area contributed by atoms with E-state index >= 15 is 0 Å². The number of carbonyl (C=O) groups is 1. The van der Waals surface area contributed by atoms with Crippen LogP contribution in [0.4, 0.5) is 14.5 Å². The van der Waals surface area contributed by atoms with Crippen LogP contribution in [0.2, 0.25) is 0 Å². The number of anilines is 1. The zero-order valence-corrected chi connectivity index (χ0v) is 12.3. The van der Waals surface area contributed by atoms with Gasteiger partial charge in [0.05, 0.1) is 7.11 Å². The predicted molar refractivity (Wildman–Crippen MR) is 83.5 cm³/mol. The normalized spacial score (nSPS) is 10.7. The molecule has 118 valence electrons. The molecule has 0 bridgehead atoms. The molecule has 0 radical (unpaired) electrons. The van der Waals surface area contributed by atoms with Crippen LogP contribution in [0, 0.1) is 11.6 Å². The molecule has 0 unspecified atom stereocenters. The summed E-state index contributed by atoms with van der Waals surface area (Å²) in [5.41, 5.74) is 0.956. The minimum atomic E-state index is -0.866. The zero-order chi connectivity index (χ0) is 16.4. The van der Waals surface area contributed by atoms with Crippen LogP contribution in [0.1, 0.15) is 0 Å². The largest absolute Gasteiger partial charge is 0.491 e. The fourth-order valence-electron chi connectivity index (χ4n) is 2.46. The van der Waals surface area contributed by atoms with E-state index in [1.807, 2.05) is 30.3 Å². The number of methoxy groups -OCH3 is 1. The van der Waals surface area contributed by atoms with Crippen LogP contribution >= 0.6 is 0 Å². The fourth-order valence-corrected chi connectivity index (χ4v) is 2.46. The second kappa shape index (κ2) is 6.08. The Morgan fingerprint density at radius 3 is 2.57 bits per heavy atom. The van der Waals surface area contributed by atoms with Gasteiger partial charge < -0.3 is 14.6 Å². The molecule has 0 aliphatic rings. The summed E-state index contributed by atoms with van der Waals surface area (Å²) in [6.07, 6.45) is 1.79. The molecule has 0 saturated heterocycles. The lowest BCUT2D eigenvalue weighted by molar-refractivity contribution is -0.116. The summed E-state index contributed by atoms with van der Waals surface area (Å²) in [5.74, 6) is -2.59. The lowest BCUT2D eigenvalue weighted by Crippen LogP contribution is -2.18. The van der Waals surface area contributed by atoms with Crippen molar-refractivity contribution in [1.29, 1.82) is 0 Å². The van der Waals surface area contributed by atoms with Crippen LogP contribution < -0.4 is 10.1 Å². The molecule has 0 saturated carbocycles. The van der Waals surface area contributed by atoms with E-state index in [1.165, 1.54) is 7.11 Å². The number of ether oxygens (including phenoxy) is 1. The summed E-state index contributed by atoms with van der Waals surface area (Å²) in [5, 5.41) is 3.50. The van der Waals surface area contributed by atoms with E-state index in [0.29, 0.717) is 0 Å². The summed E-state index contributed by atoms with van der Waals surface area (Å²) in [4.78, 5) is 12.1. The summed E-state index contributed by atoms with van der Waals surface area (Å²) in [6, 6.07) is 11.6. The van der Waals surface area contributed by atoms with Gasteiger partial charge in [-0.1, -0.05) is 18.2 Å². The number of aromatic nitrogens is 1. The molecule has 23 heavy (non-hydrogen) atoms. The lowest BCUT2D eigenvalue weighted by Gasteiger charge is -2.10. The van der Waals surface area contributed by atoms with E-state index in [9.17, 15) is 13.6 Å². The number of rotatable bonds is 4. The average molecular weight is 316 g/mol. The van der Waals surface area contributed by atoms with E-state index in [2.05, 4.69) is 10.1 Å². The molecule has 0 aliphatic heterocycles. The topological polar surface area (TPSA) is 43.3 Å². The standard InChI is InChI=1S/C17H14F2N2O2/c1-23-17-13(18)8-12(9-14(17)19)20-16(22)10-21-7-6-11-4-2-3-5-15(11)21/h2-9H,10H2,1H3,(H,20,22). The third kappa shape index (κ3) is 3.01. The molecular weight excluding hydrogens is 302 g/mol. The minimum absolute atomic E-state index is 0.0438. The van der Waals surface area contributed by atoms with Gasteiger partial charge in [-0.15, -0.1) is 0 Å². The maximum atomic E-state index is 13.6. The Bertz CT molecular complexity index is 851. The number of halogens is 2. The molecule has 1 N–H and O–H groups in total. The van der Waals surface area contributed by atoms with Crippen molar-refractivity contribution in [3.8, 4) is 5.75 Å². The van der Waals surface area contributed by atoms with Gasteiger partial charge >= 0.3 is 0 Å². The Labute approximate surface area is 131 Å². The first-order valence-corrected chi connectivity index (χ1v) is 6.95. The summed E-state index contributed by atoms with van der Waals surface area (Å²) in [7, 11) is 1.18. The smallest absolute Gasteiger partial charge is 0.244 e. The number of benzene rings is 2. The molecule has 2 aromatic carbocycles. The second-order valence-corrected chi connectivity index (χ2v) is 5.02. The van der Waals surface area contributed by atoms with Crippen molar-refractivity contribution >= 4 is 22.5 Å². The highest BCUT2D eigenvalue weighted by Crippen LogP contribution is 2.25. The van der Waals surface area contributed by atoms with Gasteiger partial charge in [0.15, 0.2) is 17.4 Å². The molecule has 6 heteroatoms. The molecule has 1 aromatic heterocycles. The van der Waals surface area contributed by atoms with Crippen LogP contribution in [-0.4, -0.2) is 17.6 Å². The van der Waals surface area contributed by atoms with Crippen LogP contribution in [0.3, 0.4) is 0 Å². The molecule has 1 heterocycles. The highest BCUT2D eigenvalue weighted by molar-refractivity contribution is 5.92. The number of para-hydroxylation sites is 1. The van der Waals surface area contributed by atoms with Crippen molar-refractivity contribution in [1.82, 2.24) is 4.57 Å². The Morgan fingerprint density at radius 2 is 1.87 bits per heavy atom. The van der Waals surface area contributed by atoms with Gasteiger partial charge in [0.1, 0.15) is 6.54 Å². The Morgan fingerprint density at radius 1 is 1.17 bits per heavy atom. The van der Waals surface area contributed by atoms with Crippen molar-refractivity contribution in [2.75, 3.05) is 12.4 Å². The number of nitrogens with zero attached hydrogens (tertiary/aromatic N) is 1. The van der Waals surface area contributed by atoms with Gasteiger partial charge in [-0.25, -0.2) is 8.78 Å². The SMILES string of the molecule is COc1c(F)cc(NC(=O)Cn2ccc3ccccc32)cc1F. The number of amides is 1. The number of hydrogen-bond donors (Lipinski definition) is 1. The molecule has 1 amide bonds. The van der Waals surface area contributed by atoms with Crippen molar-refractivity contribution in [3.05, 3.63) is 60.3 Å². The van der Waals surface area contributed by atoms with Gasteiger partial charge in [0, 0.05) is 29.5 Å². The molecule has 0 fully saturated rings. The van der Waals surface area contributed by atoms with Gasteiger partial charge in [0.2, 0.25) is 5.91 Å². The molecule has 4 nitrogen and oxygen atoms in total. The number of carbonyl (C=O) groups excluding carboxylic acids is 1. The van der Waals surface area contributed by atoms with Crippen LogP contribution in [0.15, 0.2) is 48.7 Å². The van der Waals surface area contributed by atoms with Crippen LogP contribution in [0.5, 0.6) is 5.75 Å². The fraction of sp³-hybridized carbons (Fsp3) is 0.118. The third-order valence-corrected chi connectivity index (χ3v) is 3.48. The van der Waals surface area contributed by atoms with Crippen molar-refractivity contribution < 1.29 is 18.3 Å². The second-order valence-electron chi connectivity index (χ2n) is 5.02. The molecule has 0 atom stereocenters. The van der Waals surface area contributed by atoms with E-state index in [0.717, 1.165) is 23.0 Å². The Kier molecular flexibility index (Phi) is 3.97. The summed E-state index contributed by atoms with van der Waals surface area (Å²) >= 11 is 0. The first-order chi connectivity index (χ1) is 11.1. The maximum absolute atomic E-state index is 13.6. The zero-order valence-electron chi connectivity index (χ0n) is 12.3. The molecular formula is C17H14F2N2O2.